The Kier molecular flexibility index (Phi) is 4.40. The average molecular weight is 278 g/mol. The number of rotatable bonds is 4. The molecule has 108 valence electrons. The van der Waals surface area contributed by atoms with Crippen LogP contribution in [0.5, 0.6) is 5.75 Å². The summed E-state index contributed by atoms with van der Waals surface area (Å²) in [6.07, 6.45) is 19.5. The second kappa shape index (κ2) is 6.62. The van der Waals surface area contributed by atoms with Gasteiger partial charge in [-0.05, 0) is 55.7 Å². The lowest BCUT2D eigenvalue weighted by Crippen LogP contribution is -1.97. The van der Waals surface area contributed by atoms with Gasteiger partial charge in [0.15, 0.2) is 0 Å². The van der Waals surface area contributed by atoms with Gasteiger partial charge in [-0.1, -0.05) is 59.7 Å². The van der Waals surface area contributed by atoms with Crippen molar-refractivity contribution in [3.63, 3.8) is 0 Å². The van der Waals surface area contributed by atoms with Gasteiger partial charge in [-0.3, -0.25) is 0 Å². The van der Waals surface area contributed by atoms with E-state index in [0.717, 1.165) is 44.1 Å². The van der Waals surface area contributed by atoms with Gasteiger partial charge >= 0.3 is 0 Å². The number of hydrogen-bond acceptors (Lipinski definition) is 1. The molecule has 1 heteroatoms. The smallest absolute Gasteiger partial charge is 0.119 e. The van der Waals surface area contributed by atoms with Crippen molar-refractivity contribution in [1.82, 2.24) is 0 Å². The van der Waals surface area contributed by atoms with Crippen LogP contribution in [0.3, 0.4) is 0 Å². The number of allylic oxidation sites excluding steroid dienone is 8. The van der Waals surface area contributed by atoms with E-state index in [1.165, 1.54) is 16.7 Å². The van der Waals surface area contributed by atoms with Crippen LogP contribution < -0.4 is 0 Å². The highest BCUT2D eigenvalue weighted by molar-refractivity contribution is 5.41. The molecule has 3 rings (SSSR count). The molecule has 1 N–H and O–H groups in total. The lowest BCUT2D eigenvalue weighted by atomic mass is 9.93. The minimum absolute atomic E-state index is 0.423. The second-order valence-corrected chi connectivity index (χ2v) is 5.90. The van der Waals surface area contributed by atoms with Gasteiger partial charge in [0.25, 0.3) is 0 Å². The summed E-state index contributed by atoms with van der Waals surface area (Å²) in [5.41, 5.74) is 5.25. The summed E-state index contributed by atoms with van der Waals surface area (Å²) >= 11 is 0. The molecule has 0 atom stereocenters. The molecule has 0 bridgehead atoms. The summed E-state index contributed by atoms with van der Waals surface area (Å²) < 4.78 is 0. The first-order valence-electron chi connectivity index (χ1n) is 7.81. The van der Waals surface area contributed by atoms with Crippen LogP contribution in [0.25, 0.3) is 0 Å². The first-order valence-corrected chi connectivity index (χ1v) is 7.81. The molecule has 1 aromatic rings. The largest absolute Gasteiger partial charge is 0.508 e. The molecule has 0 aromatic heterocycles. The van der Waals surface area contributed by atoms with Crippen molar-refractivity contribution in [3.8, 4) is 5.75 Å². The van der Waals surface area contributed by atoms with Crippen molar-refractivity contribution < 1.29 is 5.11 Å². The van der Waals surface area contributed by atoms with Gasteiger partial charge in [-0.25, -0.2) is 0 Å². The predicted octanol–water partition coefficient (Wildman–Crippen LogP) is 5.03. The van der Waals surface area contributed by atoms with E-state index in [2.05, 4.69) is 42.5 Å². The Balaban J connectivity index is 1.76. The summed E-state index contributed by atoms with van der Waals surface area (Å²) in [7, 11) is 0. The zero-order chi connectivity index (χ0) is 14.5. The maximum absolute atomic E-state index is 10.1. The van der Waals surface area contributed by atoms with E-state index < -0.39 is 0 Å². The molecule has 2 aliphatic carbocycles. The Hall–Kier alpha value is -2.02. The summed E-state index contributed by atoms with van der Waals surface area (Å²) in [5, 5.41) is 10.1. The number of phenolic OH excluding ortho intramolecular Hbond substituents is 1. The number of phenols is 1. The molecule has 0 amide bonds. The third-order valence-electron chi connectivity index (χ3n) is 4.19. The van der Waals surface area contributed by atoms with Gasteiger partial charge in [-0.2, -0.15) is 0 Å². The van der Waals surface area contributed by atoms with E-state index in [1.54, 1.807) is 0 Å². The molecule has 0 heterocycles. The lowest BCUT2D eigenvalue weighted by Gasteiger charge is -2.13. The van der Waals surface area contributed by atoms with Crippen LogP contribution in [0.4, 0.5) is 0 Å². The highest BCUT2D eigenvalue weighted by Gasteiger charge is 2.09. The number of benzene rings is 1. The van der Waals surface area contributed by atoms with E-state index >= 15 is 0 Å². The van der Waals surface area contributed by atoms with Gasteiger partial charge in [0.1, 0.15) is 5.75 Å². The van der Waals surface area contributed by atoms with Crippen molar-refractivity contribution in [2.24, 2.45) is 0 Å². The second-order valence-electron chi connectivity index (χ2n) is 5.90. The van der Waals surface area contributed by atoms with Crippen molar-refractivity contribution >= 4 is 0 Å². The monoisotopic (exact) mass is 278 g/mol. The molecule has 0 saturated heterocycles. The Labute approximate surface area is 127 Å². The van der Waals surface area contributed by atoms with Crippen LogP contribution in [0, 0.1) is 0 Å². The maximum Gasteiger partial charge on any atom is 0.119 e. The molecule has 2 aliphatic rings. The lowest BCUT2D eigenvalue weighted by molar-refractivity contribution is 0.468. The fourth-order valence-corrected chi connectivity index (χ4v) is 3.00. The van der Waals surface area contributed by atoms with Gasteiger partial charge in [0.2, 0.25) is 0 Å². The summed E-state index contributed by atoms with van der Waals surface area (Å²) in [4.78, 5) is 0. The Morgan fingerprint density at radius 3 is 2.14 bits per heavy atom. The standard InChI is InChI=1S/C20H22O/c21-20-12-11-18(13-16-7-3-1-4-8-16)15-19(20)14-17-9-5-2-6-10-17/h1-3,5,7,9,11-12,15,21H,4,6,8,10,13-14H2. The first kappa shape index (κ1) is 13.9. The van der Waals surface area contributed by atoms with Crippen LogP contribution >= 0.6 is 0 Å². The SMILES string of the molecule is Oc1ccc(CC2=CC=CCC2)cc1CC1=CC=CCC1. The third-order valence-corrected chi connectivity index (χ3v) is 4.19. The topological polar surface area (TPSA) is 20.2 Å². The first-order chi connectivity index (χ1) is 10.3. The molecular weight excluding hydrogens is 256 g/mol. The predicted molar refractivity (Wildman–Crippen MR) is 88.4 cm³/mol. The van der Waals surface area contributed by atoms with Gasteiger partial charge < -0.3 is 5.11 Å². The molecule has 0 fully saturated rings. The van der Waals surface area contributed by atoms with Gasteiger partial charge in [0, 0.05) is 0 Å². The highest BCUT2D eigenvalue weighted by Crippen LogP contribution is 2.26. The zero-order valence-corrected chi connectivity index (χ0v) is 12.4. The van der Waals surface area contributed by atoms with E-state index in [4.69, 9.17) is 0 Å². The molecule has 0 unspecified atom stereocenters. The van der Waals surface area contributed by atoms with E-state index in [9.17, 15) is 5.11 Å². The minimum atomic E-state index is 0.423. The van der Waals surface area contributed by atoms with Crippen LogP contribution in [0.1, 0.15) is 36.8 Å². The van der Waals surface area contributed by atoms with Crippen molar-refractivity contribution in [2.75, 3.05) is 0 Å². The van der Waals surface area contributed by atoms with E-state index in [0.29, 0.717) is 5.75 Å². The van der Waals surface area contributed by atoms with E-state index in [-0.39, 0.29) is 0 Å². The number of hydrogen-bond donors (Lipinski definition) is 1. The molecule has 0 radical (unpaired) electrons. The van der Waals surface area contributed by atoms with Crippen LogP contribution in [-0.2, 0) is 12.8 Å². The molecule has 21 heavy (non-hydrogen) atoms. The molecule has 0 spiro atoms. The minimum Gasteiger partial charge on any atom is -0.508 e. The quantitative estimate of drug-likeness (QED) is 0.819. The Morgan fingerprint density at radius 1 is 0.857 bits per heavy atom. The van der Waals surface area contributed by atoms with Crippen molar-refractivity contribution in [2.45, 2.75) is 38.5 Å². The normalized spacial score (nSPS) is 17.5. The molecule has 1 aromatic carbocycles. The molecule has 0 saturated carbocycles. The zero-order valence-electron chi connectivity index (χ0n) is 12.4. The average Bonchev–Trinajstić information content (AvgIpc) is 2.53. The van der Waals surface area contributed by atoms with Crippen LogP contribution in [0.2, 0.25) is 0 Å². The molecular formula is C20H22O. The Bertz CT molecular complexity index is 629. The van der Waals surface area contributed by atoms with Gasteiger partial charge in [0.05, 0.1) is 0 Å². The fourth-order valence-electron chi connectivity index (χ4n) is 3.00. The Morgan fingerprint density at radius 2 is 1.52 bits per heavy atom. The van der Waals surface area contributed by atoms with Crippen LogP contribution in [0.15, 0.2) is 65.8 Å². The fraction of sp³-hybridized carbons (Fsp3) is 0.300. The van der Waals surface area contributed by atoms with Crippen molar-refractivity contribution in [1.29, 1.82) is 0 Å². The summed E-state index contributed by atoms with van der Waals surface area (Å²) in [6.45, 7) is 0. The van der Waals surface area contributed by atoms with E-state index in [1.807, 2.05) is 12.1 Å². The highest BCUT2D eigenvalue weighted by atomic mass is 16.3. The van der Waals surface area contributed by atoms with Crippen LogP contribution in [-0.4, -0.2) is 5.11 Å². The maximum atomic E-state index is 10.1. The summed E-state index contributed by atoms with van der Waals surface area (Å²) in [5.74, 6) is 0.423. The van der Waals surface area contributed by atoms with Crippen molar-refractivity contribution in [3.05, 3.63) is 76.9 Å². The molecule has 1 nitrogen and oxygen atoms in total. The van der Waals surface area contributed by atoms with Gasteiger partial charge in [-0.15, -0.1) is 0 Å². The third kappa shape index (κ3) is 3.75. The summed E-state index contributed by atoms with van der Waals surface area (Å²) in [6, 6.07) is 6.07. The molecule has 0 aliphatic heterocycles. The number of aromatic hydroxyl groups is 1.